The van der Waals surface area contributed by atoms with Gasteiger partial charge in [0.25, 0.3) is 0 Å². The highest BCUT2D eigenvalue weighted by molar-refractivity contribution is 5.28. The SMILES string of the molecule is Cc1ccccc1[C@H](O)C1CC1. The van der Waals surface area contributed by atoms with E-state index in [0.717, 1.165) is 5.56 Å². The fourth-order valence-electron chi connectivity index (χ4n) is 1.58. The highest BCUT2D eigenvalue weighted by Gasteiger charge is 2.31. The van der Waals surface area contributed by atoms with E-state index in [2.05, 4.69) is 13.0 Å². The van der Waals surface area contributed by atoms with Gasteiger partial charge in [-0.3, -0.25) is 0 Å². The lowest BCUT2D eigenvalue weighted by molar-refractivity contribution is 0.153. The van der Waals surface area contributed by atoms with Gasteiger partial charge in [0.05, 0.1) is 6.10 Å². The van der Waals surface area contributed by atoms with Gasteiger partial charge >= 0.3 is 0 Å². The molecule has 1 atom stereocenters. The molecule has 64 valence electrons. The number of benzene rings is 1. The maximum absolute atomic E-state index is 9.84. The van der Waals surface area contributed by atoms with Crippen LogP contribution in [0.15, 0.2) is 24.3 Å². The predicted octanol–water partition coefficient (Wildman–Crippen LogP) is 2.44. The van der Waals surface area contributed by atoms with Crippen LogP contribution in [0.5, 0.6) is 0 Å². The molecule has 1 saturated carbocycles. The molecule has 1 N–H and O–H groups in total. The second-order valence-electron chi connectivity index (χ2n) is 3.64. The molecule has 2 rings (SSSR count). The lowest BCUT2D eigenvalue weighted by Gasteiger charge is -2.11. The zero-order valence-electron chi connectivity index (χ0n) is 7.33. The number of rotatable bonds is 2. The normalized spacial score (nSPS) is 19.2. The predicted molar refractivity (Wildman–Crippen MR) is 48.9 cm³/mol. The van der Waals surface area contributed by atoms with Crippen LogP contribution in [0, 0.1) is 12.8 Å². The third-order valence-corrected chi connectivity index (χ3v) is 2.58. The molecule has 1 nitrogen and oxygen atoms in total. The minimum absolute atomic E-state index is 0.216. The van der Waals surface area contributed by atoms with Gasteiger partial charge in [-0.2, -0.15) is 0 Å². The summed E-state index contributed by atoms with van der Waals surface area (Å²) in [7, 11) is 0. The van der Waals surface area contributed by atoms with Crippen molar-refractivity contribution in [1.82, 2.24) is 0 Å². The number of hydrogen-bond acceptors (Lipinski definition) is 1. The molecule has 0 radical (unpaired) electrons. The van der Waals surface area contributed by atoms with Crippen molar-refractivity contribution in [2.24, 2.45) is 5.92 Å². The monoisotopic (exact) mass is 162 g/mol. The Bertz CT molecular complexity index is 276. The van der Waals surface area contributed by atoms with E-state index in [4.69, 9.17) is 0 Å². The van der Waals surface area contributed by atoms with Crippen LogP contribution in [0.2, 0.25) is 0 Å². The maximum atomic E-state index is 9.84. The first-order chi connectivity index (χ1) is 5.79. The first-order valence-electron chi connectivity index (χ1n) is 4.52. The van der Waals surface area contributed by atoms with Crippen molar-refractivity contribution < 1.29 is 5.11 Å². The summed E-state index contributed by atoms with van der Waals surface area (Å²) in [6.07, 6.45) is 2.16. The van der Waals surface area contributed by atoms with Crippen LogP contribution in [0.4, 0.5) is 0 Å². The Kier molecular flexibility index (Phi) is 1.89. The Labute approximate surface area is 73.0 Å². The van der Waals surface area contributed by atoms with E-state index in [1.807, 2.05) is 18.2 Å². The van der Waals surface area contributed by atoms with Gasteiger partial charge in [-0.05, 0) is 36.8 Å². The van der Waals surface area contributed by atoms with Gasteiger partial charge in [-0.1, -0.05) is 24.3 Å². The number of aryl methyl sites for hydroxylation is 1. The van der Waals surface area contributed by atoms with E-state index in [1.54, 1.807) is 0 Å². The molecule has 0 saturated heterocycles. The van der Waals surface area contributed by atoms with Crippen molar-refractivity contribution in [1.29, 1.82) is 0 Å². The molecule has 0 amide bonds. The number of aliphatic hydroxyl groups is 1. The van der Waals surface area contributed by atoms with Crippen LogP contribution >= 0.6 is 0 Å². The van der Waals surface area contributed by atoms with E-state index in [1.165, 1.54) is 18.4 Å². The Morgan fingerprint density at radius 1 is 1.33 bits per heavy atom. The lowest BCUT2D eigenvalue weighted by Crippen LogP contribution is -2.01. The van der Waals surface area contributed by atoms with Gasteiger partial charge in [0, 0.05) is 0 Å². The van der Waals surface area contributed by atoms with Crippen LogP contribution in [-0.2, 0) is 0 Å². The fraction of sp³-hybridized carbons (Fsp3) is 0.455. The lowest BCUT2D eigenvalue weighted by atomic mass is 10.0. The average molecular weight is 162 g/mol. The standard InChI is InChI=1S/C11H14O/c1-8-4-2-3-5-10(8)11(12)9-6-7-9/h2-5,9,11-12H,6-7H2,1H3/t11-/m1/s1. The van der Waals surface area contributed by atoms with E-state index in [0.29, 0.717) is 5.92 Å². The summed E-state index contributed by atoms with van der Waals surface area (Å²) in [5, 5.41) is 9.84. The van der Waals surface area contributed by atoms with Gasteiger partial charge in [-0.25, -0.2) is 0 Å². The van der Waals surface area contributed by atoms with Crippen LogP contribution in [0.3, 0.4) is 0 Å². The molecule has 0 heterocycles. The molecular formula is C11H14O. The average Bonchev–Trinajstić information content (AvgIpc) is 2.86. The van der Waals surface area contributed by atoms with Gasteiger partial charge in [0.1, 0.15) is 0 Å². The highest BCUT2D eigenvalue weighted by atomic mass is 16.3. The Hall–Kier alpha value is -0.820. The molecule has 1 fully saturated rings. The van der Waals surface area contributed by atoms with E-state index in [9.17, 15) is 5.11 Å². The second-order valence-corrected chi connectivity index (χ2v) is 3.64. The molecule has 0 aliphatic heterocycles. The second kappa shape index (κ2) is 2.91. The molecule has 0 unspecified atom stereocenters. The summed E-state index contributed by atoms with van der Waals surface area (Å²) < 4.78 is 0. The molecule has 1 aliphatic carbocycles. The largest absolute Gasteiger partial charge is 0.388 e. The third-order valence-electron chi connectivity index (χ3n) is 2.58. The maximum Gasteiger partial charge on any atom is 0.0820 e. The van der Waals surface area contributed by atoms with Crippen molar-refractivity contribution in [3.05, 3.63) is 35.4 Å². The fourth-order valence-corrected chi connectivity index (χ4v) is 1.58. The molecule has 1 aromatic rings. The molecule has 1 aliphatic rings. The minimum Gasteiger partial charge on any atom is -0.388 e. The van der Waals surface area contributed by atoms with Crippen molar-refractivity contribution >= 4 is 0 Å². The van der Waals surface area contributed by atoms with E-state index in [-0.39, 0.29) is 6.10 Å². The molecule has 1 heteroatoms. The Morgan fingerprint density at radius 3 is 2.58 bits per heavy atom. The summed E-state index contributed by atoms with van der Waals surface area (Å²) in [4.78, 5) is 0. The zero-order valence-corrected chi connectivity index (χ0v) is 7.33. The summed E-state index contributed by atoms with van der Waals surface area (Å²) in [5.41, 5.74) is 2.32. The van der Waals surface area contributed by atoms with Crippen molar-refractivity contribution in [3.8, 4) is 0 Å². The van der Waals surface area contributed by atoms with Gasteiger partial charge in [0.2, 0.25) is 0 Å². The minimum atomic E-state index is -0.216. The van der Waals surface area contributed by atoms with Crippen LogP contribution in [0.25, 0.3) is 0 Å². The van der Waals surface area contributed by atoms with Crippen LogP contribution in [0.1, 0.15) is 30.1 Å². The molecule has 0 spiro atoms. The molecule has 0 aromatic heterocycles. The van der Waals surface area contributed by atoms with E-state index < -0.39 is 0 Å². The van der Waals surface area contributed by atoms with Gasteiger partial charge in [-0.15, -0.1) is 0 Å². The molecule has 0 bridgehead atoms. The van der Waals surface area contributed by atoms with Gasteiger partial charge < -0.3 is 5.11 Å². The van der Waals surface area contributed by atoms with Gasteiger partial charge in [0.15, 0.2) is 0 Å². The third kappa shape index (κ3) is 1.37. The molecule has 12 heavy (non-hydrogen) atoms. The van der Waals surface area contributed by atoms with E-state index >= 15 is 0 Å². The van der Waals surface area contributed by atoms with Crippen molar-refractivity contribution in [2.75, 3.05) is 0 Å². The Balaban J connectivity index is 2.25. The zero-order chi connectivity index (χ0) is 8.55. The highest BCUT2D eigenvalue weighted by Crippen LogP contribution is 2.41. The smallest absolute Gasteiger partial charge is 0.0820 e. The summed E-state index contributed by atoms with van der Waals surface area (Å²) in [6.45, 7) is 2.06. The van der Waals surface area contributed by atoms with Crippen molar-refractivity contribution in [2.45, 2.75) is 25.9 Å². The van der Waals surface area contributed by atoms with Crippen LogP contribution in [-0.4, -0.2) is 5.11 Å². The van der Waals surface area contributed by atoms with Crippen molar-refractivity contribution in [3.63, 3.8) is 0 Å². The quantitative estimate of drug-likeness (QED) is 0.708. The number of hydrogen-bond donors (Lipinski definition) is 1. The summed E-state index contributed by atoms with van der Waals surface area (Å²) >= 11 is 0. The molecular weight excluding hydrogens is 148 g/mol. The van der Waals surface area contributed by atoms with Crippen LogP contribution < -0.4 is 0 Å². The summed E-state index contributed by atoms with van der Waals surface area (Å²) in [6, 6.07) is 8.09. The summed E-state index contributed by atoms with van der Waals surface area (Å²) in [5.74, 6) is 0.533. The Morgan fingerprint density at radius 2 is 2.00 bits per heavy atom. The first kappa shape index (κ1) is 7.81. The molecule has 1 aromatic carbocycles. The first-order valence-corrected chi connectivity index (χ1v) is 4.52. The number of aliphatic hydroxyl groups excluding tert-OH is 1. The topological polar surface area (TPSA) is 20.2 Å².